The summed E-state index contributed by atoms with van der Waals surface area (Å²) in [6.45, 7) is 0.487. The summed E-state index contributed by atoms with van der Waals surface area (Å²) in [5.74, 6) is -0.0940. The maximum Gasteiger partial charge on any atom is 0.248 e. The van der Waals surface area contributed by atoms with Gasteiger partial charge >= 0.3 is 0 Å². The molecule has 0 aliphatic heterocycles. The van der Waals surface area contributed by atoms with E-state index >= 15 is 0 Å². The Morgan fingerprint density at radius 3 is 2.66 bits per heavy atom. The molecule has 1 aromatic carbocycles. The molecule has 1 aliphatic rings. The van der Waals surface area contributed by atoms with E-state index in [1.165, 1.54) is 18.2 Å². The Morgan fingerprint density at radius 1 is 1.21 bits per heavy atom. The average Bonchev–Trinajstić information content (AvgIpc) is 2.71. The molecular formula is C21H20FN5O2. The smallest absolute Gasteiger partial charge is 0.248 e. The molecule has 0 unspecified atom stereocenters. The zero-order chi connectivity index (χ0) is 20.4. The third kappa shape index (κ3) is 3.73. The molecule has 4 rings (SSSR count). The Bertz CT molecular complexity index is 1020. The number of anilines is 1. The number of nitrogens with zero attached hydrogens (tertiary/aromatic N) is 3. The van der Waals surface area contributed by atoms with E-state index < -0.39 is 12.1 Å². The van der Waals surface area contributed by atoms with Crippen molar-refractivity contribution in [2.24, 2.45) is 5.73 Å². The van der Waals surface area contributed by atoms with Crippen molar-refractivity contribution in [3.63, 3.8) is 0 Å². The first-order valence-corrected chi connectivity index (χ1v) is 9.23. The number of halogens is 1. The first-order chi connectivity index (χ1) is 14.0. The minimum Gasteiger partial charge on any atom is -0.507 e. The number of phenols is 1. The van der Waals surface area contributed by atoms with Crippen LogP contribution in [0.15, 0.2) is 54.7 Å². The summed E-state index contributed by atoms with van der Waals surface area (Å²) in [4.78, 5) is 15.8. The molecule has 1 saturated carbocycles. The Morgan fingerprint density at radius 2 is 2.03 bits per heavy atom. The van der Waals surface area contributed by atoms with Gasteiger partial charge in [0.25, 0.3) is 0 Å². The summed E-state index contributed by atoms with van der Waals surface area (Å²) < 4.78 is 13.7. The number of hydrogen-bond donors (Lipinski definition) is 3. The largest absolute Gasteiger partial charge is 0.507 e. The highest BCUT2D eigenvalue weighted by atomic mass is 19.1. The Kier molecular flexibility index (Phi) is 4.84. The molecule has 0 saturated heterocycles. The predicted octanol–water partition coefficient (Wildman–Crippen LogP) is 2.82. The number of alkyl halides is 1. The summed E-state index contributed by atoms with van der Waals surface area (Å²) in [6.07, 6.45) is 1.71. The molecular weight excluding hydrogens is 373 g/mol. The van der Waals surface area contributed by atoms with Gasteiger partial charge in [0, 0.05) is 35.0 Å². The fourth-order valence-corrected chi connectivity index (χ4v) is 3.63. The highest BCUT2D eigenvalue weighted by molar-refractivity contribution is 5.94. The molecule has 0 atom stereocenters. The monoisotopic (exact) mass is 393 g/mol. The number of rotatable bonds is 6. The molecule has 8 heteroatoms. The summed E-state index contributed by atoms with van der Waals surface area (Å²) in [7, 11) is 0. The lowest BCUT2D eigenvalue weighted by Crippen LogP contribution is -2.48. The van der Waals surface area contributed by atoms with E-state index in [9.17, 15) is 14.3 Å². The molecule has 1 amide bonds. The number of nitrogens with one attached hydrogen (secondary N) is 1. The van der Waals surface area contributed by atoms with Crippen LogP contribution < -0.4 is 11.1 Å². The highest BCUT2D eigenvalue weighted by Crippen LogP contribution is 2.44. The van der Waals surface area contributed by atoms with E-state index in [-0.39, 0.29) is 16.7 Å². The van der Waals surface area contributed by atoms with Crippen molar-refractivity contribution in [3.05, 3.63) is 66.0 Å². The van der Waals surface area contributed by atoms with Crippen molar-refractivity contribution in [2.75, 3.05) is 11.9 Å². The van der Waals surface area contributed by atoms with E-state index in [0.717, 1.165) is 5.69 Å². The Balaban J connectivity index is 1.50. The van der Waals surface area contributed by atoms with Crippen molar-refractivity contribution >= 4 is 11.7 Å². The van der Waals surface area contributed by atoms with E-state index in [0.29, 0.717) is 36.5 Å². The van der Waals surface area contributed by atoms with Crippen molar-refractivity contribution in [3.8, 4) is 17.0 Å². The normalized spacial score (nSPS) is 20.7. The number of carbonyl (C=O) groups excluding carboxylic acids is 1. The molecule has 3 aromatic rings. The minimum absolute atomic E-state index is 0.0254. The van der Waals surface area contributed by atoms with Crippen molar-refractivity contribution in [1.82, 2.24) is 15.2 Å². The molecule has 0 bridgehead atoms. The Labute approximate surface area is 166 Å². The minimum atomic E-state index is -0.826. The van der Waals surface area contributed by atoms with Gasteiger partial charge in [0.05, 0.1) is 5.69 Å². The summed E-state index contributed by atoms with van der Waals surface area (Å²) >= 11 is 0. The van der Waals surface area contributed by atoms with Crippen LogP contribution in [0.5, 0.6) is 5.75 Å². The number of benzene rings is 1. The number of aromatic hydroxyl groups is 1. The topological polar surface area (TPSA) is 114 Å². The predicted molar refractivity (Wildman–Crippen MR) is 106 cm³/mol. The maximum absolute atomic E-state index is 13.7. The van der Waals surface area contributed by atoms with Gasteiger partial charge in [-0.3, -0.25) is 9.78 Å². The van der Waals surface area contributed by atoms with Crippen LogP contribution in [-0.4, -0.2) is 38.9 Å². The molecule has 2 aromatic heterocycles. The Hall–Kier alpha value is -3.55. The van der Waals surface area contributed by atoms with Gasteiger partial charge in [-0.25, -0.2) is 4.39 Å². The molecule has 1 fully saturated rings. The number of carbonyl (C=O) groups is 1. The van der Waals surface area contributed by atoms with E-state index in [1.807, 2.05) is 18.2 Å². The highest BCUT2D eigenvalue weighted by Gasteiger charge is 2.46. The SMILES string of the molecule is NC(=O)c1ccc(O)c(-c2ccc(NCC3(c4ccccn4)CC(F)C3)nn2)c1. The van der Waals surface area contributed by atoms with Crippen LogP contribution >= 0.6 is 0 Å². The van der Waals surface area contributed by atoms with Gasteiger partial charge in [0.15, 0.2) is 0 Å². The fraction of sp³-hybridized carbons (Fsp3) is 0.238. The molecule has 7 nitrogen and oxygen atoms in total. The van der Waals surface area contributed by atoms with E-state index in [4.69, 9.17) is 5.73 Å². The molecule has 1 aliphatic carbocycles. The second kappa shape index (κ2) is 7.46. The lowest BCUT2D eigenvalue weighted by molar-refractivity contribution is 0.0993. The molecule has 0 radical (unpaired) electrons. The van der Waals surface area contributed by atoms with Crippen LogP contribution in [0.2, 0.25) is 0 Å². The van der Waals surface area contributed by atoms with Gasteiger partial charge in [0.1, 0.15) is 17.7 Å². The first-order valence-electron chi connectivity index (χ1n) is 9.23. The zero-order valence-electron chi connectivity index (χ0n) is 15.5. The fourth-order valence-electron chi connectivity index (χ4n) is 3.63. The number of amides is 1. The standard InChI is InChI=1S/C21H20FN5O2/c22-14-10-21(11-14,18-3-1-2-8-24-18)12-25-19-7-5-16(26-27-19)15-9-13(20(23)29)4-6-17(15)28/h1-9,14,28H,10-12H2,(H2,23,29)(H,25,27). The van der Waals surface area contributed by atoms with Gasteiger partial charge in [-0.15, -0.1) is 10.2 Å². The molecule has 148 valence electrons. The maximum atomic E-state index is 13.7. The van der Waals surface area contributed by atoms with E-state index in [2.05, 4.69) is 20.5 Å². The first kappa shape index (κ1) is 18.8. The molecule has 2 heterocycles. The van der Waals surface area contributed by atoms with Crippen molar-refractivity contribution in [1.29, 1.82) is 0 Å². The summed E-state index contributed by atoms with van der Waals surface area (Å²) in [5.41, 5.74) is 6.83. The van der Waals surface area contributed by atoms with Crippen molar-refractivity contribution < 1.29 is 14.3 Å². The average molecular weight is 393 g/mol. The quantitative estimate of drug-likeness (QED) is 0.593. The lowest BCUT2D eigenvalue weighted by atomic mass is 9.65. The number of aromatic nitrogens is 3. The molecule has 4 N–H and O–H groups in total. The van der Waals surface area contributed by atoms with Gasteiger partial charge in [-0.1, -0.05) is 6.07 Å². The summed E-state index contributed by atoms with van der Waals surface area (Å²) in [5, 5.41) is 21.5. The van der Waals surface area contributed by atoms with Crippen LogP contribution in [0, 0.1) is 0 Å². The van der Waals surface area contributed by atoms with Gasteiger partial charge in [-0.2, -0.15) is 0 Å². The number of pyridine rings is 1. The van der Waals surface area contributed by atoms with Crippen LogP contribution in [0.4, 0.5) is 10.2 Å². The molecule has 0 spiro atoms. The molecule has 29 heavy (non-hydrogen) atoms. The second-order valence-electron chi connectivity index (χ2n) is 7.25. The second-order valence-corrected chi connectivity index (χ2v) is 7.25. The van der Waals surface area contributed by atoms with E-state index in [1.54, 1.807) is 18.3 Å². The van der Waals surface area contributed by atoms with Crippen LogP contribution in [0.25, 0.3) is 11.3 Å². The number of hydrogen-bond acceptors (Lipinski definition) is 6. The van der Waals surface area contributed by atoms with Gasteiger partial charge in [0.2, 0.25) is 5.91 Å². The van der Waals surface area contributed by atoms with Crippen molar-refractivity contribution in [2.45, 2.75) is 24.4 Å². The number of nitrogens with two attached hydrogens (primary N) is 1. The van der Waals surface area contributed by atoms with Crippen LogP contribution in [0.3, 0.4) is 0 Å². The summed E-state index contributed by atoms with van der Waals surface area (Å²) in [6, 6.07) is 13.4. The zero-order valence-corrected chi connectivity index (χ0v) is 15.5. The lowest BCUT2D eigenvalue weighted by Gasteiger charge is -2.43. The van der Waals surface area contributed by atoms with Gasteiger partial charge < -0.3 is 16.2 Å². The van der Waals surface area contributed by atoms with Crippen LogP contribution in [0.1, 0.15) is 28.9 Å². The number of primary amides is 1. The third-order valence-electron chi connectivity index (χ3n) is 5.26. The van der Waals surface area contributed by atoms with Gasteiger partial charge in [-0.05, 0) is 55.3 Å². The third-order valence-corrected chi connectivity index (χ3v) is 5.26. The van der Waals surface area contributed by atoms with Crippen LogP contribution in [-0.2, 0) is 5.41 Å². The number of phenolic OH excluding ortho intramolecular Hbond substituents is 1.